The zero-order chi connectivity index (χ0) is 7.07. The average molecular weight is 191 g/mol. The van der Waals surface area contributed by atoms with Crippen LogP contribution in [0.25, 0.3) is 0 Å². The van der Waals surface area contributed by atoms with E-state index in [0.29, 0.717) is 0 Å². The van der Waals surface area contributed by atoms with Crippen LogP contribution < -0.4 is 0 Å². The van der Waals surface area contributed by atoms with Crippen molar-refractivity contribution in [2.45, 2.75) is 64.2 Å². The molecule has 0 heterocycles. The van der Waals surface area contributed by atoms with Crippen molar-refractivity contribution in [3.63, 3.8) is 0 Å². The summed E-state index contributed by atoms with van der Waals surface area (Å²) >= 11 is 0. The molecule has 2 aliphatic carbocycles. The third-order valence-corrected chi connectivity index (χ3v) is 2.50. The van der Waals surface area contributed by atoms with E-state index in [9.17, 15) is 0 Å². The summed E-state index contributed by atoms with van der Waals surface area (Å²) in [7, 11) is 0. The summed E-state index contributed by atoms with van der Waals surface area (Å²) in [5.74, 6) is 0. The van der Waals surface area contributed by atoms with E-state index in [-0.39, 0.29) is 18.6 Å². The molecule has 0 aromatic carbocycles. The van der Waals surface area contributed by atoms with Gasteiger partial charge in [0.15, 0.2) is 0 Å². The molecule has 2 aliphatic rings. The van der Waals surface area contributed by atoms with E-state index >= 15 is 0 Å². The van der Waals surface area contributed by atoms with Crippen LogP contribution in [0, 0.1) is 0 Å². The predicted molar refractivity (Wildman–Crippen MR) is 46.2 cm³/mol. The average Bonchev–Trinajstić information content (AvgIpc) is 2.67. The Morgan fingerprint density at radius 1 is 0.273 bits per heavy atom. The van der Waals surface area contributed by atoms with Crippen LogP contribution >= 0.6 is 0 Å². The van der Waals surface area contributed by atoms with Gasteiger partial charge < -0.3 is 0 Å². The van der Waals surface area contributed by atoms with E-state index < -0.39 is 0 Å². The largest absolute Gasteiger partial charge is 2.00 e. The van der Waals surface area contributed by atoms with E-state index in [0.717, 1.165) is 0 Å². The molecule has 0 N–H and O–H groups in total. The minimum absolute atomic E-state index is 0. The van der Waals surface area contributed by atoms with E-state index in [2.05, 4.69) is 0 Å². The third-order valence-electron chi connectivity index (χ3n) is 2.50. The molecule has 0 aliphatic heterocycles. The summed E-state index contributed by atoms with van der Waals surface area (Å²) in [5, 5.41) is 0. The topological polar surface area (TPSA) is 0 Å². The Bertz CT molecular complexity index is 38.1. The second kappa shape index (κ2) is 8.68. The molecule has 0 spiro atoms. The maximum atomic E-state index is 1.50. The van der Waals surface area contributed by atoms with Crippen LogP contribution in [0.15, 0.2) is 0 Å². The van der Waals surface area contributed by atoms with Gasteiger partial charge in [-0.05, 0) is 0 Å². The summed E-state index contributed by atoms with van der Waals surface area (Å²) in [6.45, 7) is 0. The van der Waals surface area contributed by atoms with Gasteiger partial charge in [0.1, 0.15) is 0 Å². The van der Waals surface area contributed by atoms with Crippen LogP contribution in [-0.4, -0.2) is 0 Å². The Morgan fingerprint density at radius 3 is 0.455 bits per heavy atom. The molecule has 11 heavy (non-hydrogen) atoms. The maximum Gasteiger partial charge on any atom is 2.00 e. The molecule has 0 aromatic heterocycles. The van der Waals surface area contributed by atoms with Gasteiger partial charge in [-0.15, -0.1) is 0 Å². The van der Waals surface area contributed by atoms with Crippen LogP contribution in [0.2, 0.25) is 0 Å². The molecule has 2 fully saturated rings. The van der Waals surface area contributed by atoms with Gasteiger partial charge in [-0.2, -0.15) is 0 Å². The van der Waals surface area contributed by atoms with Crippen molar-refractivity contribution >= 4 is 0 Å². The van der Waals surface area contributed by atoms with Gasteiger partial charge in [-0.3, -0.25) is 0 Å². The molecule has 0 saturated heterocycles. The number of hydrogen-bond donors (Lipinski definition) is 0. The Kier molecular flexibility index (Phi) is 9.14. The molecule has 0 unspecified atom stereocenters. The number of rotatable bonds is 0. The maximum absolute atomic E-state index is 1.50. The fraction of sp³-hybridized carbons (Fsp3) is 1.00. The fourth-order valence-corrected chi connectivity index (χ4v) is 1.77. The molecular formula is C10H20V+2. The smallest absolute Gasteiger partial charge is 0.0533 e. The Balaban J connectivity index is 0.000000167. The summed E-state index contributed by atoms with van der Waals surface area (Å²) in [4.78, 5) is 0. The monoisotopic (exact) mass is 191 g/mol. The Morgan fingerprint density at radius 2 is 0.364 bits per heavy atom. The molecule has 1 radical (unpaired) electrons. The zero-order valence-corrected chi connectivity index (χ0v) is 8.91. The molecular weight excluding hydrogens is 171 g/mol. The van der Waals surface area contributed by atoms with Gasteiger partial charge >= 0.3 is 18.6 Å². The second-order valence-corrected chi connectivity index (χ2v) is 3.54. The summed E-state index contributed by atoms with van der Waals surface area (Å²) in [6.07, 6.45) is 15.0. The van der Waals surface area contributed by atoms with E-state index in [1.807, 2.05) is 0 Å². The van der Waals surface area contributed by atoms with Crippen LogP contribution in [0.3, 0.4) is 0 Å². The molecule has 1 heteroatoms. The fourth-order valence-electron chi connectivity index (χ4n) is 1.77. The molecule has 0 amide bonds. The van der Waals surface area contributed by atoms with Gasteiger partial charge in [0.05, 0.1) is 0 Å². The van der Waals surface area contributed by atoms with Gasteiger partial charge in [-0.25, -0.2) is 0 Å². The molecule has 2 rings (SSSR count). The minimum Gasteiger partial charge on any atom is -0.0533 e. The van der Waals surface area contributed by atoms with E-state index in [1.54, 1.807) is 0 Å². The first-order valence-corrected chi connectivity index (χ1v) is 5.00. The van der Waals surface area contributed by atoms with Crippen molar-refractivity contribution < 1.29 is 18.6 Å². The van der Waals surface area contributed by atoms with Crippen molar-refractivity contribution in [1.82, 2.24) is 0 Å². The first-order chi connectivity index (χ1) is 5.00. The van der Waals surface area contributed by atoms with Crippen LogP contribution in [0.5, 0.6) is 0 Å². The normalized spacial score (nSPS) is 21.8. The SMILES string of the molecule is C1CCCC1.C1CCCC1.[V+2]. The minimum atomic E-state index is 0. The van der Waals surface area contributed by atoms with Crippen LogP contribution in [-0.2, 0) is 18.6 Å². The quantitative estimate of drug-likeness (QED) is 0.544. The molecule has 0 nitrogen and oxygen atoms in total. The molecule has 0 aromatic rings. The Hall–Kier alpha value is 0.584. The second-order valence-electron chi connectivity index (χ2n) is 3.54. The van der Waals surface area contributed by atoms with Crippen LogP contribution in [0.1, 0.15) is 64.2 Å². The predicted octanol–water partition coefficient (Wildman–Crippen LogP) is 3.90. The van der Waals surface area contributed by atoms with Crippen molar-refractivity contribution in [2.75, 3.05) is 0 Å². The van der Waals surface area contributed by atoms with Crippen molar-refractivity contribution in [3.05, 3.63) is 0 Å². The first-order valence-electron chi connectivity index (χ1n) is 5.00. The zero-order valence-electron chi connectivity index (χ0n) is 7.52. The van der Waals surface area contributed by atoms with Gasteiger partial charge in [0.2, 0.25) is 0 Å². The molecule has 0 atom stereocenters. The molecule has 0 bridgehead atoms. The van der Waals surface area contributed by atoms with Crippen LogP contribution in [0.4, 0.5) is 0 Å². The standard InChI is InChI=1S/2C5H10.V/c2*1-2-4-5-3-1;/h2*1-5H2;/q;;+2. The first kappa shape index (κ1) is 11.6. The van der Waals surface area contributed by atoms with Crippen molar-refractivity contribution in [2.24, 2.45) is 0 Å². The third kappa shape index (κ3) is 6.96. The molecule has 63 valence electrons. The Labute approximate surface area is 83.0 Å². The summed E-state index contributed by atoms with van der Waals surface area (Å²) in [6, 6.07) is 0. The van der Waals surface area contributed by atoms with Crippen molar-refractivity contribution in [1.29, 1.82) is 0 Å². The summed E-state index contributed by atoms with van der Waals surface area (Å²) < 4.78 is 0. The summed E-state index contributed by atoms with van der Waals surface area (Å²) in [5.41, 5.74) is 0. The van der Waals surface area contributed by atoms with Crippen molar-refractivity contribution in [3.8, 4) is 0 Å². The molecule has 2 saturated carbocycles. The van der Waals surface area contributed by atoms with E-state index in [4.69, 9.17) is 0 Å². The van der Waals surface area contributed by atoms with Gasteiger partial charge in [0, 0.05) is 0 Å². The number of hydrogen-bond acceptors (Lipinski definition) is 0. The van der Waals surface area contributed by atoms with E-state index in [1.165, 1.54) is 64.2 Å². The van der Waals surface area contributed by atoms with Gasteiger partial charge in [-0.1, -0.05) is 64.2 Å². The van der Waals surface area contributed by atoms with Gasteiger partial charge in [0.25, 0.3) is 0 Å².